The first-order valence-corrected chi connectivity index (χ1v) is 7.44. The van der Waals surface area contributed by atoms with Gasteiger partial charge in [-0.05, 0) is 24.6 Å². The third-order valence-corrected chi connectivity index (χ3v) is 5.64. The van der Waals surface area contributed by atoms with E-state index in [-0.39, 0.29) is 6.54 Å². The largest absolute Gasteiger partial charge is 0.495 e. The van der Waals surface area contributed by atoms with Crippen molar-refractivity contribution in [2.75, 3.05) is 24.5 Å². The van der Waals surface area contributed by atoms with Crippen LogP contribution in [0.1, 0.15) is 6.42 Å². The van der Waals surface area contributed by atoms with Gasteiger partial charge in [0.1, 0.15) is 5.75 Å². The van der Waals surface area contributed by atoms with Gasteiger partial charge in [0.15, 0.2) is 0 Å². The number of rotatable bonds is 3. The maximum absolute atomic E-state index is 12.2. The number of anilines is 1. The van der Waals surface area contributed by atoms with E-state index in [1.807, 2.05) is 0 Å². The molecule has 18 heavy (non-hydrogen) atoms. The lowest BCUT2D eigenvalue weighted by atomic mass is 10.2. The monoisotopic (exact) mass is 290 g/mol. The minimum Gasteiger partial charge on any atom is -0.495 e. The molecule has 0 radical (unpaired) electrons. The number of methoxy groups -OCH3 is 1. The number of nitrogens with two attached hydrogens (primary N) is 1. The summed E-state index contributed by atoms with van der Waals surface area (Å²) < 4.78 is 30.7. The highest BCUT2D eigenvalue weighted by Crippen LogP contribution is 2.33. The van der Waals surface area contributed by atoms with E-state index >= 15 is 0 Å². The number of hydrogen-bond acceptors (Lipinski definition) is 4. The Hall–Kier alpha value is -0.980. The summed E-state index contributed by atoms with van der Waals surface area (Å²) in [5, 5.41) is -0.111. The van der Waals surface area contributed by atoms with Crippen LogP contribution in [0, 0.1) is 0 Å². The molecule has 1 heterocycles. The molecule has 2 rings (SSSR count). The van der Waals surface area contributed by atoms with Gasteiger partial charge < -0.3 is 10.5 Å². The van der Waals surface area contributed by atoms with E-state index < -0.39 is 15.3 Å². The molecule has 1 aliphatic heterocycles. The van der Waals surface area contributed by atoms with Crippen molar-refractivity contribution in [3.05, 3.63) is 23.2 Å². The van der Waals surface area contributed by atoms with Gasteiger partial charge in [0.05, 0.1) is 23.1 Å². The van der Waals surface area contributed by atoms with Crippen LogP contribution in [-0.4, -0.2) is 33.9 Å². The lowest BCUT2D eigenvalue weighted by molar-refractivity contribution is 0.415. The van der Waals surface area contributed by atoms with Crippen molar-refractivity contribution in [2.45, 2.75) is 11.7 Å². The Balaban J connectivity index is 2.36. The average Bonchev–Trinajstić information content (AvgIpc) is 2.63. The third-order valence-electron chi connectivity index (χ3n) is 3.07. The molecule has 5 nitrogen and oxygen atoms in total. The maximum atomic E-state index is 12.2. The van der Waals surface area contributed by atoms with Gasteiger partial charge in [-0.1, -0.05) is 11.6 Å². The number of nitrogens with zero attached hydrogens (tertiary/aromatic N) is 1. The number of ether oxygens (including phenoxy) is 1. The van der Waals surface area contributed by atoms with Crippen LogP contribution in [0.15, 0.2) is 18.2 Å². The molecule has 0 aliphatic carbocycles. The van der Waals surface area contributed by atoms with Gasteiger partial charge >= 0.3 is 0 Å². The van der Waals surface area contributed by atoms with Gasteiger partial charge in [-0.2, -0.15) is 0 Å². The van der Waals surface area contributed by atoms with Crippen molar-refractivity contribution < 1.29 is 13.2 Å². The Morgan fingerprint density at radius 2 is 2.28 bits per heavy atom. The van der Waals surface area contributed by atoms with Crippen LogP contribution >= 0.6 is 11.6 Å². The molecular weight excluding hydrogens is 276 g/mol. The van der Waals surface area contributed by atoms with E-state index in [2.05, 4.69) is 0 Å². The van der Waals surface area contributed by atoms with Crippen LogP contribution in [0.4, 0.5) is 5.69 Å². The van der Waals surface area contributed by atoms with E-state index in [4.69, 9.17) is 22.1 Å². The van der Waals surface area contributed by atoms with Crippen LogP contribution in [0.25, 0.3) is 0 Å². The SMILES string of the molecule is COc1ccc(N2CC[C@H](CN)S2(=O)=O)cc1Cl. The van der Waals surface area contributed by atoms with Crippen molar-refractivity contribution in [1.29, 1.82) is 0 Å². The maximum Gasteiger partial charge on any atom is 0.239 e. The molecule has 0 saturated carbocycles. The lowest BCUT2D eigenvalue weighted by Gasteiger charge is -2.19. The summed E-state index contributed by atoms with van der Waals surface area (Å²) in [6.45, 7) is 0.579. The zero-order valence-electron chi connectivity index (χ0n) is 9.97. The van der Waals surface area contributed by atoms with Gasteiger partial charge in [0.25, 0.3) is 0 Å². The first-order valence-electron chi connectivity index (χ1n) is 5.56. The number of sulfonamides is 1. The van der Waals surface area contributed by atoms with Gasteiger partial charge in [-0.3, -0.25) is 4.31 Å². The zero-order valence-corrected chi connectivity index (χ0v) is 11.5. The molecule has 0 aromatic heterocycles. The first-order chi connectivity index (χ1) is 8.50. The highest BCUT2D eigenvalue weighted by molar-refractivity contribution is 7.93. The van der Waals surface area contributed by atoms with Gasteiger partial charge in [-0.15, -0.1) is 0 Å². The zero-order chi connectivity index (χ0) is 13.3. The highest BCUT2D eigenvalue weighted by atomic mass is 35.5. The fraction of sp³-hybridized carbons (Fsp3) is 0.455. The quantitative estimate of drug-likeness (QED) is 0.908. The predicted octanol–water partition coefficient (Wildman–Crippen LogP) is 1.22. The summed E-state index contributed by atoms with van der Waals surface area (Å²) in [4.78, 5) is 0. The average molecular weight is 291 g/mol. The Bertz CT molecular complexity index is 547. The Morgan fingerprint density at radius 1 is 1.56 bits per heavy atom. The summed E-state index contributed by atoms with van der Waals surface area (Å²) in [7, 11) is -1.85. The van der Waals surface area contributed by atoms with Crippen molar-refractivity contribution in [3.8, 4) is 5.75 Å². The fourth-order valence-electron chi connectivity index (χ4n) is 2.04. The van der Waals surface area contributed by atoms with Crippen LogP contribution < -0.4 is 14.8 Å². The van der Waals surface area contributed by atoms with Crippen LogP contribution in [0.5, 0.6) is 5.75 Å². The van der Waals surface area contributed by atoms with Crippen molar-refractivity contribution in [1.82, 2.24) is 0 Å². The van der Waals surface area contributed by atoms with Crippen molar-refractivity contribution in [3.63, 3.8) is 0 Å². The summed E-state index contributed by atoms with van der Waals surface area (Å²) in [5.41, 5.74) is 6.03. The molecule has 1 aromatic rings. The van der Waals surface area contributed by atoms with Crippen LogP contribution in [0.2, 0.25) is 5.02 Å². The summed E-state index contributed by atoms with van der Waals surface area (Å²) in [6, 6.07) is 4.93. The summed E-state index contributed by atoms with van der Waals surface area (Å²) >= 11 is 6.00. The summed E-state index contributed by atoms with van der Waals surface area (Å²) in [6.07, 6.45) is 0.544. The first kappa shape index (κ1) is 13.5. The molecular formula is C11H15ClN2O3S. The standard InChI is InChI=1S/C11H15ClN2O3S/c1-17-11-3-2-8(6-10(11)12)14-5-4-9(7-13)18(14,15)16/h2-3,6,9H,4-5,7,13H2,1H3/t9-/m1/s1. The highest BCUT2D eigenvalue weighted by Gasteiger charge is 2.38. The van der Waals surface area contributed by atoms with Crippen LogP contribution in [-0.2, 0) is 10.0 Å². The van der Waals surface area contributed by atoms with E-state index in [1.54, 1.807) is 18.2 Å². The van der Waals surface area contributed by atoms with Crippen LogP contribution in [0.3, 0.4) is 0 Å². The van der Waals surface area contributed by atoms with Crippen molar-refractivity contribution in [2.24, 2.45) is 5.73 Å². The third kappa shape index (κ3) is 2.15. The molecule has 7 heteroatoms. The molecule has 1 aliphatic rings. The molecule has 1 aromatic carbocycles. The van der Waals surface area contributed by atoms with E-state index in [9.17, 15) is 8.42 Å². The van der Waals surface area contributed by atoms with E-state index in [0.29, 0.717) is 29.4 Å². The second kappa shape index (κ2) is 4.95. The van der Waals surface area contributed by atoms with Crippen molar-refractivity contribution >= 4 is 27.3 Å². The Morgan fingerprint density at radius 3 is 2.78 bits per heavy atom. The fourth-order valence-corrected chi connectivity index (χ4v) is 4.07. The molecule has 0 amide bonds. The van der Waals surface area contributed by atoms with Gasteiger partial charge in [0, 0.05) is 13.1 Å². The molecule has 100 valence electrons. The lowest BCUT2D eigenvalue weighted by Crippen LogP contribution is -2.33. The number of benzene rings is 1. The molecule has 0 spiro atoms. The molecule has 1 fully saturated rings. The Kier molecular flexibility index (Phi) is 3.70. The molecule has 0 bridgehead atoms. The molecule has 2 N–H and O–H groups in total. The number of hydrogen-bond donors (Lipinski definition) is 1. The smallest absolute Gasteiger partial charge is 0.239 e. The molecule has 1 atom stereocenters. The van der Waals surface area contributed by atoms with E-state index in [0.717, 1.165) is 0 Å². The second-order valence-corrected chi connectivity index (χ2v) is 6.63. The van der Waals surface area contributed by atoms with E-state index in [1.165, 1.54) is 11.4 Å². The van der Waals surface area contributed by atoms with Gasteiger partial charge in [0.2, 0.25) is 10.0 Å². The minimum absolute atomic E-state index is 0.142. The predicted molar refractivity (Wildman–Crippen MR) is 71.7 cm³/mol. The topological polar surface area (TPSA) is 72.6 Å². The molecule has 1 saturated heterocycles. The van der Waals surface area contributed by atoms with Gasteiger partial charge in [-0.25, -0.2) is 8.42 Å². The minimum atomic E-state index is -3.36. The molecule has 0 unspecified atom stereocenters. The summed E-state index contributed by atoms with van der Waals surface area (Å²) in [5.74, 6) is 0.521. The number of halogens is 1. The Labute approximate surface area is 112 Å². The normalized spacial score (nSPS) is 22.2. The second-order valence-electron chi connectivity index (χ2n) is 4.08.